The first-order valence-electron chi connectivity index (χ1n) is 7.45. The number of nitrogens with zero attached hydrogens (tertiary/aromatic N) is 1. The molecule has 1 fully saturated rings. The molecule has 0 unspecified atom stereocenters. The van der Waals surface area contributed by atoms with Gasteiger partial charge in [0, 0.05) is 30.8 Å². The van der Waals surface area contributed by atoms with Crippen molar-refractivity contribution in [3.05, 3.63) is 35.4 Å². The van der Waals surface area contributed by atoms with Crippen LogP contribution in [0.1, 0.15) is 30.4 Å². The highest BCUT2D eigenvalue weighted by Gasteiger charge is 2.27. The van der Waals surface area contributed by atoms with Crippen LogP contribution in [0.5, 0.6) is 0 Å². The van der Waals surface area contributed by atoms with Crippen LogP contribution < -0.4 is 5.32 Å². The molecule has 1 saturated heterocycles. The van der Waals surface area contributed by atoms with Gasteiger partial charge in [-0.3, -0.25) is 0 Å². The van der Waals surface area contributed by atoms with E-state index < -0.39 is 0 Å². The molecule has 2 atom stereocenters. The number of benzene rings is 1. The van der Waals surface area contributed by atoms with Gasteiger partial charge in [-0.1, -0.05) is 24.3 Å². The number of hydrogen-bond donors (Lipinski definition) is 1. The molecular formula is C16H22N2OS. The van der Waals surface area contributed by atoms with Crippen LogP contribution >= 0.6 is 11.8 Å². The number of amides is 2. The molecule has 0 bridgehead atoms. The van der Waals surface area contributed by atoms with E-state index in [2.05, 4.69) is 36.5 Å². The van der Waals surface area contributed by atoms with Gasteiger partial charge in [-0.05, 0) is 36.6 Å². The molecule has 2 amide bonds. The molecule has 3 rings (SSSR count). The molecule has 1 aromatic carbocycles. The monoisotopic (exact) mass is 290 g/mol. The minimum absolute atomic E-state index is 0.115. The van der Waals surface area contributed by atoms with E-state index in [9.17, 15) is 4.79 Å². The minimum Gasteiger partial charge on any atom is -0.337 e. The summed E-state index contributed by atoms with van der Waals surface area (Å²) in [6, 6.07) is 9.01. The van der Waals surface area contributed by atoms with Crippen molar-refractivity contribution < 1.29 is 4.79 Å². The van der Waals surface area contributed by atoms with Crippen molar-refractivity contribution in [2.45, 2.75) is 31.7 Å². The van der Waals surface area contributed by atoms with Gasteiger partial charge in [0.25, 0.3) is 0 Å². The summed E-state index contributed by atoms with van der Waals surface area (Å²) in [5.74, 6) is 2.73. The maximum atomic E-state index is 12.3. The van der Waals surface area contributed by atoms with Crippen molar-refractivity contribution in [3.8, 4) is 0 Å². The number of nitrogens with one attached hydrogen (secondary N) is 1. The van der Waals surface area contributed by atoms with Crippen LogP contribution in [0.4, 0.5) is 4.79 Å². The zero-order valence-corrected chi connectivity index (χ0v) is 12.8. The average molecular weight is 290 g/mol. The second kappa shape index (κ2) is 6.08. The fraction of sp³-hybridized carbons (Fsp3) is 0.562. The molecule has 0 aromatic heterocycles. The lowest BCUT2D eigenvalue weighted by Crippen LogP contribution is -2.47. The summed E-state index contributed by atoms with van der Waals surface area (Å²) < 4.78 is 0. The smallest absolute Gasteiger partial charge is 0.317 e. The molecule has 108 valence electrons. The molecule has 1 aliphatic heterocycles. The van der Waals surface area contributed by atoms with Crippen molar-refractivity contribution in [1.29, 1.82) is 0 Å². The molecule has 1 aromatic rings. The molecule has 0 radical (unpaired) electrons. The van der Waals surface area contributed by atoms with Gasteiger partial charge in [-0.2, -0.15) is 11.8 Å². The summed E-state index contributed by atoms with van der Waals surface area (Å²) in [6.45, 7) is 3.80. The van der Waals surface area contributed by atoms with E-state index in [4.69, 9.17) is 0 Å². The normalized spacial score (nSPS) is 25.4. The summed E-state index contributed by atoms with van der Waals surface area (Å²) in [5, 5.41) is 3.13. The fourth-order valence-electron chi connectivity index (χ4n) is 3.05. The Bertz CT molecular complexity index is 491. The van der Waals surface area contributed by atoms with Gasteiger partial charge in [-0.25, -0.2) is 4.79 Å². The van der Waals surface area contributed by atoms with Crippen molar-refractivity contribution in [2.75, 3.05) is 24.6 Å². The maximum Gasteiger partial charge on any atom is 0.317 e. The Kier molecular flexibility index (Phi) is 4.20. The SMILES string of the molecule is C[C@@H]1CCSCCN1C(=O)NC[C@H]1Cc2ccccc21. The molecule has 2 aliphatic rings. The van der Waals surface area contributed by atoms with E-state index >= 15 is 0 Å². The largest absolute Gasteiger partial charge is 0.337 e. The van der Waals surface area contributed by atoms with E-state index in [-0.39, 0.29) is 6.03 Å². The molecule has 0 spiro atoms. The van der Waals surface area contributed by atoms with Gasteiger partial charge < -0.3 is 10.2 Å². The summed E-state index contributed by atoms with van der Waals surface area (Å²) in [6.07, 6.45) is 2.20. The van der Waals surface area contributed by atoms with Crippen LogP contribution in [0.2, 0.25) is 0 Å². The van der Waals surface area contributed by atoms with Gasteiger partial charge in [0.2, 0.25) is 0 Å². The first kappa shape index (κ1) is 13.8. The summed E-state index contributed by atoms with van der Waals surface area (Å²) in [4.78, 5) is 14.3. The number of fused-ring (bicyclic) bond motifs is 1. The van der Waals surface area contributed by atoms with Crippen molar-refractivity contribution in [3.63, 3.8) is 0 Å². The van der Waals surface area contributed by atoms with E-state index in [1.54, 1.807) is 0 Å². The number of carbonyl (C=O) groups is 1. The van der Waals surface area contributed by atoms with Crippen LogP contribution in [-0.2, 0) is 6.42 Å². The zero-order valence-electron chi connectivity index (χ0n) is 12.0. The third-order valence-corrected chi connectivity index (χ3v) is 5.41. The number of thioether (sulfide) groups is 1. The third kappa shape index (κ3) is 2.80. The topological polar surface area (TPSA) is 32.3 Å². The third-order valence-electron chi connectivity index (χ3n) is 4.41. The standard InChI is InChI=1S/C16H22N2OS/c1-12-6-8-20-9-7-18(12)16(19)17-11-14-10-13-4-2-3-5-15(13)14/h2-5,12,14H,6-11H2,1H3,(H,17,19)/t12-,14-/m1/s1. The average Bonchev–Trinajstić information content (AvgIpc) is 2.64. The van der Waals surface area contributed by atoms with Gasteiger partial charge in [-0.15, -0.1) is 0 Å². The van der Waals surface area contributed by atoms with Crippen molar-refractivity contribution in [2.24, 2.45) is 0 Å². The Morgan fingerprint density at radius 1 is 1.40 bits per heavy atom. The highest BCUT2D eigenvalue weighted by Crippen LogP contribution is 2.34. The molecular weight excluding hydrogens is 268 g/mol. The second-order valence-electron chi connectivity index (χ2n) is 5.73. The highest BCUT2D eigenvalue weighted by molar-refractivity contribution is 7.99. The quantitative estimate of drug-likeness (QED) is 0.908. The predicted octanol–water partition coefficient (Wildman–Crippen LogP) is 2.86. The molecule has 4 heteroatoms. The Hall–Kier alpha value is -1.16. The number of carbonyl (C=O) groups excluding carboxylic acids is 1. The Balaban J connectivity index is 1.53. The molecule has 1 aliphatic carbocycles. The van der Waals surface area contributed by atoms with Crippen LogP contribution in [-0.4, -0.2) is 41.6 Å². The number of urea groups is 1. The predicted molar refractivity (Wildman–Crippen MR) is 84.4 cm³/mol. The van der Waals surface area contributed by atoms with E-state index in [0.29, 0.717) is 12.0 Å². The Morgan fingerprint density at radius 2 is 2.25 bits per heavy atom. The number of rotatable bonds is 2. The molecule has 1 heterocycles. The molecule has 3 nitrogen and oxygen atoms in total. The van der Waals surface area contributed by atoms with E-state index in [0.717, 1.165) is 31.7 Å². The van der Waals surface area contributed by atoms with Gasteiger partial charge in [0.15, 0.2) is 0 Å². The second-order valence-corrected chi connectivity index (χ2v) is 6.95. The molecule has 0 saturated carbocycles. The minimum atomic E-state index is 0.115. The van der Waals surface area contributed by atoms with Crippen LogP contribution in [0.25, 0.3) is 0 Å². The van der Waals surface area contributed by atoms with Gasteiger partial charge >= 0.3 is 6.03 Å². The summed E-state index contributed by atoms with van der Waals surface area (Å²) >= 11 is 1.95. The first-order valence-corrected chi connectivity index (χ1v) is 8.61. The lowest BCUT2D eigenvalue weighted by atomic mass is 9.78. The van der Waals surface area contributed by atoms with E-state index in [1.165, 1.54) is 16.9 Å². The first-order chi connectivity index (χ1) is 9.75. The van der Waals surface area contributed by atoms with Crippen LogP contribution in [0, 0.1) is 0 Å². The zero-order chi connectivity index (χ0) is 13.9. The Morgan fingerprint density at radius 3 is 3.10 bits per heavy atom. The molecule has 1 N–H and O–H groups in total. The van der Waals surface area contributed by atoms with Crippen molar-refractivity contribution in [1.82, 2.24) is 10.2 Å². The van der Waals surface area contributed by atoms with E-state index in [1.807, 2.05) is 16.7 Å². The summed E-state index contributed by atoms with van der Waals surface area (Å²) in [5.41, 5.74) is 2.85. The lowest BCUT2D eigenvalue weighted by molar-refractivity contribution is 0.182. The van der Waals surface area contributed by atoms with Crippen LogP contribution in [0.3, 0.4) is 0 Å². The van der Waals surface area contributed by atoms with Gasteiger partial charge in [0.05, 0.1) is 0 Å². The highest BCUT2D eigenvalue weighted by atomic mass is 32.2. The fourth-order valence-corrected chi connectivity index (χ4v) is 4.09. The Labute approximate surface area is 125 Å². The van der Waals surface area contributed by atoms with Gasteiger partial charge in [0.1, 0.15) is 0 Å². The van der Waals surface area contributed by atoms with Crippen molar-refractivity contribution >= 4 is 17.8 Å². The molecule has 20 heavy (non-hydrogen) atoms. The summed E-state index contributed by atoms with van der Waals surface area (Å²) in [7, 11) is 0. The lowest BCUT2D eigenvalue weighted by Gasteiger charge is -2.32. The number of hydrogen-bond acceptors (Lipinski definition) is 2. The van der Waals surface area contributed by atoms with Crippen LogP contribution in [0.15, 0.2) is 24.3 Å². The maximum absolute atomic E-state index is 12.3.